The topological polar surface area (TPSA) is 63.5 Å². The fourth-order valence-corrected chi connectivity index (χ4v) is 2.39. The van der Waals surface area contributed by atoms with E-state index in [2.05, 4.69) is 34.6 Å². The van der Waals surface area contributed by atoms with E-state index in [1.807, 2.05) is 18.7 Å². The molecule has 126 valence electrons. The van der Waals surface area contributed by atoms with Gasteiger partial charge in [-0.25, -0.2) is 0 Å². The van der Waals surface area contributed by atoms with Crippen LogP contribution in [-0.4, -0.2) is 49.1 Å². The lowest BCUT2D eigenvalue weighted by Gasteiger charge is -2.12. The number of ether oxygens (including phenoxy) is 1. The standard InChI is InChI=1S/C16H31N5O/c1-6-22-12-8-7-10-18-16(17-4)19-11-9-15-13(2)20-21(5)14(15)3/h6-12H2,1-5H3,(H2,17,18,19). The van der Waals surface area contributed by atoms with Crippen LogP contribution >= 0.6 is 0 Å². The molecule has 1 aromatic rings. The molecule has 0 atom stereocenters. The van der Waals surface area contributed by atoms with Gasteiger partial charge in [-0.3, -0.25) is 9.67 Å². The Bertz CT molecular complexity index is 467. The summed E-state index contributed by atoms with van der Waals surface area (Å²) in [5.41, 5.74) is 3.67. The Morgan fingerprint density at radius 3 is 2.55 bits per heavy atom. The summed E-state index contributed by atoms with van der Waals surface area (Å²) in [4.78, 5) is 4.25. The Kier molecular flexibility index (Phi) is 8.58. The van der Waals surface area contributed by atoms with Gasteiger partial charge in [-0.15, -0.1) is 0 Å². The molecule has 6 nitrogen and oxygen atoms in total. The van der Waals surface area contributed by atoms with Crippen LogP contribution in [0, 0.1) is 13.8 Å². The van der Waals surface area contributed by atoms with Crippen molar-refractivity contribution in [3.05, 3.63) is 17.0 Å². The van der Waals surface area contributed by atoms with E-state index in [4.69, 9.17) is 4.74 Å². The molecule has 1 rings (SSSR count). The number of nitrogens with zero attached hydrogens (tertiary/aromatic N) is 3. The van der Waals surface area contributed by atoms with Crippen molar-refractivity contribution < 1.29 is 4.74 Å². The van der Waals surface area contributed by atoms with Gasteiger partial charge in [0.15, 0.2) is 5.96 Å². The minimum atomic E-state index is 0.795. The Labute approximate surface area is 134 Å². The average molecular weight is 309 g/mol. The summed E-state index contributed by atoms with van der Waals surface area (Å²) in [5.74, 6) is 0.857. The molecule has 0 aliphatic rings. The van der Waals surface area contributed by atoms with Gasteiger partial charge in [-0.1, -0.05) is 0 Å². The van der Waals surface area contributed by atoms with E-state index >= 15 is 0 Å². The van der Waals surface area contributed by atoms with Crippen LogP contribution in [0.2, 0.25) is 0 Å². The van der Waals surface area contributed by atoms with Gasteiger partial charge in [0.05, 0.1) is 5.69 Å². The molecular weight excluding hydrogens is 278 g/mol. The number of hydrogen-bond donors (Lipinski definition) is 2. The quantitative estimate of drug-likeness (QED) is 0.413. The highest BCUT2D eigenvalue weighted by molar-refractivity contribution is 5.79. The predicted octanol–water partition coefficient (Wildman–Crippen LogP) is 1.56. The number of aryl methyl sites for hydroxylation is 2. The number of nitrogens with one attached hydrogen (secondary N) is 2. The summed E-state index contributed by atoms with van der Waals surface area (Å²) >= 11 is 0. The summed E-state index contributed by atoms with van der Waals surface area (Å²) in [6.07, 6.45) is 3.12. The molecule has 6 heteroatoms. The summed E-state index contributed by atoms with van der Waals surface area (Å²) in [7, 11) is 3.79. The van der Waals surface area contributed by atoms with Gasteiger partial charge in [0, 0.05) is 46.1 Å². The normalized spacial score (nSPS) is 11.8. The fraction of sp³-hybridized carbons (Fsp3) is 0.750. The molecule has 22 heavy (non-hydrogen) atoms. The van der Waals surface area contributed by atoms with E-state index in [9.17, 15) is 0 Å². The number of aliphatic imine (C=N–C) groups is 1. The van der Waals surface area contributed by atoms with Crippen molar-refractivity contribution in [1.82, 2.24) is 20.4 Å². The Balaban J connectivity index is 2.24. The molecule has 0 spiro atoms. The Morgan fingerprint density at radius 2 is 1.95 bits per heavy atom. The molecule has 0 aliphatic heterocycles. The smallest absolute Gasteiger partial charge is 0.190 e. The van der Waals surface area contributed by atoms with Crippen molar-refractivity contribution in [2.24, 2.45) is 12.0 Å². The maximum absolute atomic E-state index is 5.32. The van der Waals surface area contributed by atoms with Crippen LogP contribution in [0.4, 0.5) is 0 Å². The van der Waals surface area contributed by atoms with Gasteiger partial charge >= 0.3 is 0 Å². The number of guanidine groups is 1. The second kappa shape index (κ2) is 10.2. The highest BCUT2D eigenvalue weighted by Gasteiger charge is 2.08. The molecule has 0 bridgehead atoms. The van der Waals surface area contributed by atoms with E-state index in [0.29, 0.717) is 0 Å². The number of unbranched alkanes of at least 4 members (excludes halogenated alkanes) is 1. The van der Waals surface area contributed by atoms with Gasteiger partial charge in [0.2, 0.25) is 0 Å². The van der Waals surface area contributed by atoms with E-state index < -0.39 is 0 Å². The van der Waals surface area contributed by atoms with Crippen LogP contribution in [0.5, 0.6) is 0 Å². The highest BCUT2D eigenvalue weighted by Crippen LogP contribution is 2.11. The first-order chi connectivity index (χ1) is 10.6. The molecule has 0 radical (unpaired) electrons. The monoisotopic (exact) mass is 309 g/mol. The van der Waals surface area contributed by atoms with Crippen LogP contribution < -0.4 is 10.6 Å². The minimum absolute atomic E-state index is 0.795. The molecule has 0 aliphatic carbocycles. The lowest BCUT2D eigenvalue weighted by atomic mass is 10.1. The zero-order chi connectivity index (χ0) is 16.4. The van der Waals surface area contributed by atoms with Crippen LogP contribution in [0.25, 0.3) is 0 Å². The average Bonchev–Trinajstić information content (AvgIpc) is 2.74. The van der Waals surface area contributed by atoms with Crippen LogP contribution in [0.3, 0.4) is 0 Å². The largest absolute Gasteiger partial charge is 0.382 e. The molecule has 0 amide bonds. The second-order valence-corrected chi connectivity index (χ2v) is 5.35. The third-order valence-electron chi connectivity index (χ3n) is 3.76. The lowest BCUT2D eigenvalue weighted by molar-refractivity contribution is 0.143. The highest BCUT2D eigenvalue weighted by atomic mass is 16.5. The van der Waals surface area contributed by atoms with Crippen molar-refractivity contribution in [2.75, 3.05) is 33.4 Å². The van der Waals surface area contributed by atoms with Gasteiger partial charge in [0.1, 0.15) is 0 Å². The molecule has 0 saturated carbocycles. The number of aromatic nitrogens is 2. The van der Waals surface area contributed by atoms with Gasteiger partial charge in [0.25, 0.3) is 0 Å². The summed E-state index contributed by atoms with van der Waals surface area (Å²) in [6, 6.07) is 0. The maximum Gasteiger partial charge on any atom is 0.190 e. The van der Waals surface area contributed by atoms with Crippen molar-refractivity contribution in [3.8, 4) is 0 Å². The molecular formula is C16H31N5O. The summed E-state index contributed by atoms with van der Waals surface area (Å²) in [5, 5.41) is 11.1. The minimum Gasteiger partial charge on any atom is -0.382 e. The van der Waals surface area contributed by atoms with E-state index in [1.54, 1.807) is 7.05 Å². The van der Waals surface area contributed by atoms with E-state index in [-0.39, 0.29) is 0 Å². The summed E-state index contributed by atoms with van der Waals surface area (Å²) in [6.45, 7) is 9.60. The molecule has 0 unspecified atom stereocenters. The third-order valence-corrected chi connectivity index (χ3v) is 3.76. The van der Waals surface area contributed by atoms with Gasteiger partial charge in [-0.05, 0) is 45.6 Å². The second-order valence-electron chi connectivity index (χ2n) is 5.35. The molecule has 2 N–H and O–H groups in total. The molecule has 0 saturated heterocycles. The number of rotatable bonds is 9. The Morgan fingerprint density at radius 1 is 1.23 bits per heavy atom. The lowest BCUT2D eigenvalue weighted by Crippen LogP contribution is -2.38. The number of hydrogen-bond acceptors (Lipinski definition) is 3. The zero-order valence-electron chi connectivity index (χ0n) is 14.7. The first kappa shape index (κ1) is 18.5. The van der Waals surface area contributed by atoms with Crippen LogP contribution in [-0.2, 0) is 18.2 Å². The molecule has 0 aromatic carbocycles. The van der Waals surface area contributed by atoms with E-state index in [1.165, 1.54) is 11.3 Å². The SMILES string of the molecule is CCOCCCCNC(=NC)NCCc1c(C)nn(C)c1C. The summed E-state index contributed by atoms with van der Waals surface area (Å²) < 4.78 is 7.26. The van der Waals surface area contributed by atoms with Crippen LogP contribution in [0.1, 0.15) is 36.7 Å². The Hall–Kier alpha value is -1.56. The third kappa shape index (κ3) is 6.05. The molecule has 1 aromatic heterocycles. The fourth-order valence-electron chi connectivity index (χ4n) is 2.39. The first-order valence-corrected chi connectivity index (χ1v) is 8.11. The molecule has 0 fully saturated rings. The van der Waals surface area contributed by atoms with Crippen molar-refractivity contribution >= 4 is 5.96 Å². The van der Waals surface area contributed by atoms with Crippen molar-refractivity contribution in [3.63, 3.8) is 0 Å². The zero-order valence-corrected chi connectivity index (χ0v) is 14.7. The van der Waals surface area contributed by atoms with Gasteiger partial charge < -0.3 is 15.4 Å². The van der Waals surface area contributed by atoms with Crippen molar-refractivity contribution in [2.45, 2.75) is 40.0 Å². The molecule has 1 heterocycles. The predicted molar refractivity (Wildman–Crippen MR) is 91.5 cm³/mol. The van der Waals surface area contributed by atoms with Gasteiger partial charge in [-0.2, -0.15) is 5.10 Å². The van der Waals surface area contributed by atoms with E-state index in [0.717, 1.165) is 57.2 Å². The van der Waals surface area contributed by atoms with Crippen molar-refractivity contribution in [1.29, 1.82) is 0 Å². The first-order valence-electron chi connectivity index (χ1n) is 8.11. The maximum atomic E-state index is 5.32. The van der Waals surface area contributed by atoms with Crippen LogP contribution in [0.15, 0.2) is 4.99 Å².